The van der Waals surface area contributed by atoms with E-state index in [1.54, 1.807) is 12.1 Å². The Kier molecular flexibility index (Phi) is 8.79. The highest BCUT2D eigenvalue weighted by atomic mass is 127. The molecule has 1 aromatic rings. The van der Waals surface area contributed by atoms with Crippen molar-refractivity contribution in [2.75, 3.05) is 33.2 Å². The fourth-order valence-corrected chi connectivity index (χ4v) is 4.18. The molecule has 2 atom stereocenters. The Bertz CT molecular complexity index is 641. The molecule has 7 heteroatoms. The van der Waals surface area contributed by atoms with Gasteiger partial charge in [-0.2, -0.15) is 0 Å². The summed E-state index contributed by atoms with van der Waals surface area (Å²) < 4.78 is 13.2. The lowest BCUT2D eigenvalue weighted by Crippen LogP contribution is -2.43. The molecule has 5 nitrogen and oxygen atoms in total. The monoisotopic (exact) mass is 488 g/mol. The highest BCUT2D eigenvalue weighted by Crippen LogP contribution is 2.35. The molecule has 1 aliphatic carbocycles. The van der Waals surface area contributed by atoms with E-state index >= 15 is 0 Å². The molecule has 1 heterocycles. The van der Waals surface area contributed by atoms with Crippen molar-refractivity contribution in [1.82, 2.24) is 15.5 Å². The third-order valence-electron chi connectivity index (χ3n) is 5.47. The third-order valence-corrected chi connectivity index (χ3v) is 5.47. The standard InChI is InChI=1S/C20H29FN4O.HI/c1-22-20(25-13-16-6-2-3-7-17(16)14-25)24-10-9-23-19(26)12-15-5-4-8-18(21)11-15;/h4-5,8,11,16-17H,2-3,6-7,9-10,12-14H2,1H3,(H,22,24)(H,23,26);1H. The molecule has 1 aromatic carbocycles. The molecular weight excluding hydrogens is 458 g/mol. The summed E-state index contributed by atoms with van der Waals surface area (Å²) in [6.45, 7) is 3.34. The number of halogens is 2. The number of nitrogens with zero attached hydrogens (tertiary/aromatic N) is 2. The first-order chi connectivity index (χ1) is 12.7. The van der Waals surface area contributed by atoms with Crippen molar-refractivity contribution in [2.45, 2.75) is 32.1 Å². The lowest BCUT2D eigenvalue weighted by Gasteiger charge is -2.22. The van der Waals surface area contributed by atoms with Crippen molar-refractivity contribution in [1.29, 1.82) is 0 Å². The molecule has 0 aromatic heterocycles. The predicted octanol–water partition coefficient (Wildman–Crippen LogP) is 2.80. The first kappa shape index (κ1) is 21.9. The number of carbonyl (C=O) groups excluding carboxylic acids is 1. The molecule has 27 heavy (non-hydrogen) atoms. The van der Waals surface area contributed by atoms with Gasteiger partial charge in [-0.3, -0.25) is 9.79 Å². The molecule has 1 amide bonds. The van der Waals surface area contributed by atoms with Crippen LogP contribution in [0.5, 0.6) is 0 Å². The summed E-state index contributed by atoms with van der Waals surface area (Å²) in [7, 11) is 1.81. The molecule has 2 unspecified atom stereocenters. The molecule has 150 valence electrons. The summed E-state index contributed by atoms with van der Waals surface area (Å²) in [4.78, 5) is 18.7. The fourth-order valence-electron chi connectivity index (χ4n) is 4.18. The van der Waals surface area contributed by atoms with Gasteiger partial charge in [0.1, 0.15) is 5.82 Å². The Morgan fingerprint density at radius 2 is 1.85 bits per heavy atom. The third kappa shape index (κ3) is 6.33. The van der Waals surface area contributed by atoms with E-state index in [1.807, 2.05) is 7.05 Å². The number of benzene rings is 1. The number of aliphatic imine (C=N–C) groups is 1. The lowest BCUT2D eigenvalue weighted by molar-refractivity contribution is -0.120. The van der Waals surface area contributed by atoms with Gasteiger partial charge >= 0.3 is 0 Å². The summed E-state index contributed by atoms with van der Waals surface area (Å²) >= 11 is 0. The van der Waals surface area contributed by atoms with Gasteiger partial charge in [0.2, 0.25) is 5.91 Å². The fraction of sp³-hybridized carbons (Fsp3) is 0.600. The van der Waals surface area contributed by atoms with Crippen LogP contribution in [0.3, 0.4) is 0 Å². The zero-order valence-electron chi connectivity index (χ0n) is 15.9. The number of hydrogen-bond acceptors (Lipinski definition) is 2. The number of hydrogen-bond donors (Lipinski definition) is 2. The van der Waals surface area contributed by atoms with Crippen LogP contribution in [0.2, 0.25) is 0 Å². The molecule has 0 radical (unpaired) electrons. The molecule has 1 saturated heterocycles. The van der Waals surface area contributed by atoms with Crippen LogP contribution in [0, 0.1) is 17.7 Å². The van der Waals surface area contributed by atoms with Gasteiger partial charge in [-0.1, -0.05) is 25.0 Å². The largest absolute Gasteiger partial charge is 0.354 e. The smallest absolute Gasteiger partial charge is 0.224 e. The maximum absolute atomic E-state index is 13.2. The highest BCUT2D eigenvalue weighted by molar-refractivity contribution is 14.0. The van der Waals surface area contributed by atoms with Crippen molar-refractivity contribution in [3.05, 3.63) is 35.6 Å². The molecule has 2 N–H and O–H groups in total. The quantitative estimate of drug-likeness (QED) is 0.290. The minimum atomic E-state index is -0.313. The Labute approximate surface area is 178 Å². The number of nitrogens with one attached hydrogen (secondary N) is 2. The second kappa shape index (κ2) is 10.8. The zero-order chi connectivity index (χ0) is 18.4. The zero-order valence-corrected chi connectivity index (χ0v) is 18.2. The highest BCUT2D eigenvalue weighted by Gasteiger charge is 2.35. The van der Waals surface area contributed by atoms with E-state index in [0.717, 1.165) is 30.9 Å². The Hall–Kier alpha value is -1.38. The average molecular weight is 488 g/mol. The van der Waals surface area contributed by atoms with E-state index in [1.165, 1.54) is 37.8 Å². The van der Waals surface area contributed by atoms with Crippen molar-refractivity contribution in [3.63, 3.8) is 0 Å². The molecule has 2 aliphatic rings. The minimum Gasteiger partial charge on any atom is -0.354 e. The Morgan fingerprint density at radius 1 is 1.19 bits per heavy atom. The Balaban J connectivity index is 0.00000261. The van der Waals surface area contributed by atoms with E-state index in [0.29, 0.717) is 18.7 Å². The van der Waals surface area contributed by atoms with Gasteiger partial charge in [0.05, 0.1) is 6.42 Å². The summed E-state index contributed by atoms with van der Waals surface area (Å²) in [6, 6.07) is 6.16. The molecule has 1 saturated carbocycles. The second-order valence-electron chi connectivity index (χ2n) is 7.34. The number of carbonyl (C=O) groups is 1. The Morgan fingerprint density at radius 3 is 2.48 bits per heavy atom. The minimum absolute atomic E-state index is 0. The summed E-state index contributed by atoms with van der Waals surface area (Å²) in [5, 5.41) is 6.22. The lowest BCUT2D eigenvalue weighted by atomic mass is 9.82. The average Bonchev–Trinajstić information content (AvgIpc) is 3.05. The second-order valence-corrected chi connectivity index (χ2v) is 7.34. The maximum Gasteiger partial charge on any atom is 0.224 e. The number of guanidine groups is 1. The van der Waals surface area contributed by atoms with Crippen molar-refractivity contribution in [2.24, 2.45) is 16.8 Å². The normalized spacial score (nSPS) is 22.0. The van der Waals surface area contributed by atoms with E-state index in [9.17, 15) is 9.18 Å². The van der Waals surface area contributed by atoms with Gasteiger partial charge in [-0.05, 0) is 42.4 Å². The van der Waals surface area contributed by atoms with Crippen molar-refractivity contribution >= 4 is 35.8 Å². The van der Waals surface area contributed by atoms with Crippen molar-refractivity contribution in [3.8, 4) is 0 Å². The molecule has 2 fully saturated rings. The molecule has 0 spiro atoms. The number of amides is 1. The molecule has 1 aliphatic heterocycles. The number of rotatable bonds is 5. The van der Waals surface area contributed by atoms with Gasteiger partial charge in [0.15, 0.2) is 5.96 Å². The first-order valence-corrected chi connectivity index (χ1v) is 9.62. The van der Waals surface area contributed by atoms with E-state index in [4.69, 9.17) is 0 Å². The number of fused-ring (bicyclic) bond motifs is 1. The van der Waals surface area contributed by atoms with Gasteiger partial charge in [0, 0.05) is 33.2 Å². The van der Waals surface area contributed by atoms with Crippen LogP contribution in [-0.4, -0.2) is 50.0 Å². The van der Waals surface area contributed by atoms with Gasteiger partial charge in [-0.15, -0.1) is 24.0 Å². The van der Waals surface area contributed by atoms with Crippen LogP contribution in [0.25, 0.3) is 0 Å². The van der Waals surface area contributed by atoms with Crippen LogP contribution >= 0.6 is 24.0 Å². The topological polar surface area (TPSA) is 56.7 Å². The summed E-state index contributed by atoms with van der Waals surface area (Å²) in [5.41, 5.74) is 0.686. The van der Waals surface area contributed by atoms with E-state index in [2.05, 4.69) is 20.5 Å². The van der Waals surface area contributed by atoms with Gasteiger partial charge in [-0.25, -0.2) is 4.39 Å². The predicted molar refractivity (Wildman–Crippen MR) is 117 cm³/mol. The molecule has 0 bridgehead atoms. The van der Waals surface area contributed by atoms with E-state index < -0.39 is 0 Å². The summed E-state index contributed by atoms with van der Waals surface area (Å²) in [5.74, 6) is 2.15. The number of likely N-dealkylation sites (tertiary alicyclic amines) is 1. The van der Waals surface area contributed by atoms with Crippen molar-refractivity contribution < 1.29 is 9.18 Å². The van der Waals surface area contributed by atoms with Crippen LogP contribution in [0.4, 0.5) is 4.39 Å². The summed E-state index contributed by atoms with van der Waals surface area (Å²) in [6.07, 6.45) is 5.60. The van der Waals surface area contributed by atoms with Gasteiger partial charge in [0.25, 0.3) is 0 Å². The van der Waals surface area contributed by atoms with Gasteiger partial charge < -0.3 is 15.5 Å². The van der Waals surface area contributed by atoms with Crippen LogP contribution in [0.15, 0.2) is 29.3 Å². The SMILES string of the molecule is CN=C(NCCNC(=O)Cc1cccc(F)c1)N1CC2CCCCC2C1.I. The van der Waals surface area contributed by atoms with Crippen LogP contribution in [-0.2, 0) is 11.2 Å². The van der Waals surface area contributed by atoms with E-state index in [-0.39, 0.29) is 42.1 Å². The maximum atomic E-state index is 13.2. The van der Waals surface area contributed by atoms with Crippen LogP contribution < -0.4 is 10.6 Å². The molecule has 3 rings (SSSR count). The first-order valence-electron chi connectivity index (χ1n) is 9.62. The van der Waals surface area contributed by atoms with Crippen LogP contribution in [0.1, 0.15) is 31.2 Å². The molecular formula is C20H30FIN4O.